The molecule has 0 aliphatic carbocycles. The molecular formula is C26H32FN7O4. The van der Waals surface area contributed by atoms with Crippen LogP contribution in [0.5, 0.6) is 0 Å². The summed E-state index contributed by atoms with van der Waals surface area (Å²) in [4.78, 5) is 43.3. The van der Waals surface area contributed by atoms with Gasteiger partial charge in [-0.2, -0.15) is 5.10 Å². The Hall–Kier alpha value is -4.06. The first kappa shape index (κ1) is 27.0. The first-order valence-corrected chi connectivity index (χ1v) is 12.7. The SMILES string of the molecule is CCC(C)C(=O)NCCNC(=O)Cn1cc2cc(NC(=O)c3cccc(N4CCOCC4)n3)c(F)cc2n1. The van der Waals surface area contributed by atoms with E-state index in [1.165, 1.54) is 16.8 Å². The van der Waals surface area contributed by atoms with Crippen molar-refractivity contribution >= 4 is 40.1 Å². The molecule has 3 N–H and O–H groups in total. The lowest BCUT2D eigenvalue weighted by Gasteiger charge is -2.27. The Kier molecular flexibility index (Phi) is 8.85. The molecule has 1 fully saturated rings. The normalized spacial score (nSPS) is 14.2. The van der Waals surface area contributed by atoms with E-state index in [9.17, 15) is 18.8 Å². The van der Waals surface area contributed by atoms with Gasteiger partial charge in [-0.3, -0.25) is 19.1 Å². The Bertz CT molecular complexity index is 1310. The summed E-state index contributed by atoms with van der Waals surface area (Å²) in [5.41, 5.74) is 0.505. The van der Waals surface area contributed by atoms with E-state index in [1.807, 2.05) is 24.8 Å². The molecule has 12 heteroatoms. The second-order valence-electron chi connectivity index (χ2n) is 9.10. The highest BCUT2D eigenvalue weighted by atomic mass is 19.1. The van der Waals surface area contributed by atoms with Crippen molar-refractivity contribution in [3.05, 3.63) is 48.0 Å². The number of hydrogen-bond acceptors (Lipinski definition) is 7. The average Bonchev–Trinajstić information content (AvgIpc) is 3.31. The number of ether oxygens (including phenoxy) is 1. The number of hydrogen-bond donors (Lipinski definition) is 3. The van der Waals surface area contributed by atoms with Gasteiger partial charge in [-0.15, -0.1) is 0 Å². The number of fused-ring (bicyclic) bond motifs is 1. The first-order chi connectivity index (χ1) is 18.3. The lowest BCUT2D eigenvalue weighted by molar-refractivity contribution is -0.125. The van der Waals surface area contributed by atoms with Gasteiger partial charge in [0, 0.05) is 49.7 Å². The van der Waals surface area contributed by atoms with Crippen LogP contribution in [0, 0.1) is 11.7 Å². The Morgan fingerprint density at radius 2 is 1.89 bits per heavy atom. The molecule has 38 heavy (non-hydrogen) atoms. The number of anilines is 2. The minimum atomic E-state index is -0.651. The largest absolute Gasteiger partial charge is 0.378 e. The van der Waals surface area contributed by atoms with Crippen molar-refractivity contribution in [1.82, 2.24) is 25.4 Å². The van der Waals surface area contributed by atoms with E-state index < -0.39 is 11.7 Å². The average molecular weight is 526 g/mol. The predicted octanol–water partition coefficient (Wildman–Crippen LogP) is 1.94. The van der Waals surface area contributed by atoms with E-state index in [4.69, 9.17) is 4.74 Å². The fraction of sp³-hybridized carbons (Fsp3) is 0.423. The number of carbonyl (C=O) groups excluding carboxylic acids is 3. The number of halogens is 1. The van der Waals surface area contributed by atoms with E-state index in [0.717, 1.165) is 6.42 Å². The summed E-state index contributed by atoms with van der Waals surface area (Å²) in [6.07, 6.45) is 2.35. The van der Waals surface area contributed by atoms with Crippen molar-refractivity contribution in [2.24, 2.45) is 5.92 Å². The van der Waals surface area contributed by atoms with Crippen LogP contribution in [0.15, 0.2) is 36.5 Å². The number of pyridine rings is 1. The molecule has 11 nitrogen and oxygen atoms in total. The smallest absolute Gasteiger partial charge is 0.274 e. The van der Waals surface area contributed by atoms with Gasteiger partial charge in [-0.1, -0.05) is 19.9 Å². The summed E-state index contributed by atoms with van der Waals surface area (Å²) in [6, 6.07) is 7.81. The zero-order valence-corrected chi connectivity index (χ0v) is 21.5. The van der Waals surface area contributed by atoms with E-state index in [-0.39, 0.29) is 42.2 Å². The topological polar surface area (TPSA) is 130 Å². The maximum Gasteiger partial charge on any atom is 0.274 e. The summed E-state index contributed by atoms with van der Waals surface area (Å²) in [7, 11) is 0. The molecule has 2 aromatic heterocycles. The van der Waals surface area contributed by atoms with Crippen LogP contribution in [-0.2, 0) is 20.9 Å². The highest BCUT2D eigenvalue weighted by molar-refractivity contribution is 6.04. The number of carbonyl (C=O) groups is 3. The van der Waals surface area contributed by atoms with E-state index in [1.54, 1.807) is 18.3 Å². The van der Waals surface area contributed by atoms with Crippen LogP contribution in [0.25, 0.3) is 10.9 Å². The second kappa shape index (κ2) is 12.5. The minimum Gasteiger partial charge on any atom is -0.378 e. The third-order valence-corrected chi connectivity index (χ3v) is 6.30. The molecule has 0 saturated carbocycles. The van der Waals surface area contributed by atoms with Gasteiger partial charge < -0.3 is 25.6 Å². The Morgan fingerprint density at radius 1 is 1.13 bits per heavy atom. The minimum absolute atomic E-state index is 0.0119. The van der Waals surface area contributed by atoms with Crippen molar-refractivity contribution in [1.29, 1.82) is 0 Å². The third kappa shape index (κ3) is 6.82. The zero-order valence-electron chi connectivity index (χ0n) is 21.5. The number of nitrogens with zero attached hydrogens (tertiary/aromatic N) is 4. The molecule has 1 aliphatic heterocycles. The lowest BCUT2D eigenvalue weighted by atomic mass is 10.1. The fourth-order valence-corrected chi connectivity index (χ4v) is 3.93. The molecule has 3 heterocycles. The third-order valence-electron chi connectivity index (χ3n) is 6.30. The van der Waals surface area contributed by atoms with Gasteiger partial charge in [0.2, 0.25) is 11.8 Å². The summed E-state index contributed by atoms with van der Waals surface area (Å²) in [5, 5.41) is 12.9. The number of rotatable bonds is 10. The predicted molar refractivity (Wildman–Crippen MR) is 140 cm³/mol. The summed E-state index contributed by atoms with van der Waals surface area (Å²) >= 11 is 0. The summed E-state index contributed by atoms with van der Waals surface area (Å²) < 4.78 is 21.5. The van der Waals surface area contributed by atoms with Crippen LogP contribution < -0.4 is 20.9 Å². The van der Waals surface area contributed by atoms with Crippen molar-refractivity contribution in [2.45, 2.75) is 26.8 Å². The fourth-order valence-electron chi connectivity index (χ4n) is 3.93. The van der Waals surface area contributed by atoms with Gasteiger partial charge in [0.05, 0.1) is 24.4 Å². The van der Waals surface area contributed by atoms with Crippen molar-refractivity contribution in [2.75, 3.05) is 49.6 Å². The molecule has 1 unspecified atom stereocenters. The number of aromatic nitrogens is 3. The Morgan fingerprint density at radius 3 is 2.66 bits per heavy atom. The van der Waals surface area contributed by atoms with E-state index >= 15 is 0 Å². The number of nitrogens with one attached hydrogen (secondary N) is 3. The standard InChI is InChI=1S/C26H32FN7O4/c1-3-17(2)25(36)29-8-7-28-24(35)16-34-15-18-13-22(19(27)14-21(18)32-34)31-26(37)20-5-4-6-23(30-20)33-9-11-38-12-10-33/h4-6,13-15,17H,3,7-12,16H2,1-2H3,(H,28,35)(H,29,36)(H,31,37). The van der Waals surface area contributed by atoms with Gasteiger partial charge in [0.1, 0.15) is 23.9 Å². The van der Waals surface area contributed by atoms with Gasteiger partial charge in [0.15, 0.2) is 0 Å². The quantitative estimate of drug-likeness (QED) is 0.345. The highest BCUT2D eigenvalue weighted by Crippen LogP contribution is 2.23. The molecule has 0 radical (unpaired) electrons. The van der Waals surface area contributed by atoms with Crippen LogP contribution in [0.1, 0.15) is 30.8 Å². The Balaban J connectivity index is 1.35. The van der Waals surface area contributed by atoms with E-state index in [2.05, 4.69) is 26.0 Å². The van der Waals surface area contributed by atoms with Crippen LogP contribution in [-0.4, -0.2) is 71.9 Å². The molecule has 0 spiro atoms. The number of amides is 3. The first-order valence-electron chi connectivity index (χ1n) is 12.7. The summed E-state index contributed by atoms with van der Waals surface area (Å²) in [5.74, 6) is -0.947. The molecule has 3 amide bonds. The maximum atomic E-state index is 14.8. The molecule has 202 valence electrons. The van der Waals surface area contributed by atoms with Crippen LogP contribution in [0.3, 0.4) is 0 Å². The number of benzene rings is 1. The summed E-state index contributed by atoms with van der Waals surface area (Å²) in [6.45, 7) is 6.87. The van der Waals surface area contributed by atoms with Crippen LogP contribution in [0.2, 0.25) is 0 Å². The zero-order chi connectivity index (χ0) is 27.1. The molecule has 4 rings (SSSR count). The van der Waals surface area contributed by atoms with Crippen molar-refractivity contribution < 1.29 is 23.5 Å². The molecule has 3 aromatic rings. The molecular weight excluding hydrogens is 493 g/mol. The van der Waals surface area contributed by atoms with Crippen molar-refractivity contribution in [3.8, 4) is 0 Å². The van der Waals surface area contributed by atoms with Crippen LogP contribution >= 0.6 is 0 Å². The molecule has 1 saturated heterocycles. The van der Waals surface area contributed by atoms with Gasteiger partial charge >= 0.3 is 0 Å². The van der Waals surface area contributed by atoms with Gasteiger partial charge in [0.25, 0.3) is 5.91 Å². The van der Waals surface area contributed by atoms with E-state index in [0.29, 0.717) is 49.6 Å². The Labute approximate surface area is 219 Å². The monoisotopic (exact) mass is 525 g/mol. The van der Waals surface area contributed by atoms with Crippen molar-refractivity contribution in [3.63, 3.8) is 0 Å². The van der Waals surface area contributed by atoms with Gasteiger partial charge in [-0.25, -0.2) is 9.37 Å². The van der Waals surface area contributed by atoms with Crippen LogP contribution in [0.4, 0.5) is 15.9 Å². The molecule has 1 aromatic carbocycles. The highest BCUT2D eigenvalue weighted by Gasteiger charge is 2.17. The second-order valence-corrected chi connectivity index (χ2v) is 9.10. The molecule has 0 bridgehead atoms. The van der Waals surface area contributed by atoms with Gasteiger partial charge in [-0.05, 0) is 24.6 Å². The molecule has 1 atom stereocenters. The molecule has 1 aliphatic rings. The number of morpholine rings is 1. The maximum absolute atomic E-state index is 14.8. The lowest BCUT2D eigenvalue weighted by Crippen LogP contribution is -2.37.